The molecule has 0 amide bonds. The summed E-state index contributed by atoms with van der Waals surface area (Å²) in [5.74, 6) is -0.990. The molecule has 1 N–H and O–H groups in total. The van der Waals surface area contributed by atoms with Crippen LogP contribution in [0.4, 0.5) is 0 Å². The molecule has 0 atom stereocenters. The van der Waals surface area contributed by atoms with Gasteiger partial charge in [-0.05, 0) is 6.92 Å². The number of aliphatic carboxylic acids is 1. The fourth-order valence-electron chi connectivity index (χ4n) is 0.634. The summed E-state index contributed by atoms with van der Waals surface area (Å²) >= 11 is 0. The van der Waals surface area contributed by atoms with Gasteiger partial charge in [0.2, 0.25) is 0 Å². The highest BCUT2D eigenvalue weighted by Crippen LogP contribution is 1.92. The predicted octanol–water partition coefficient (Wildman–Crippen LogP) is 1.17. The second kappa shape index (κ2) is 9.08. The first-order valence-electron chi connectivity index (χ1n) is 4.50. The molecular formula is C10H16O5. The van der Waals surface area contributed by atoms with E-state index in [0.717, 1.165) is 0 Å². The summed E-state index contributed by atoms with van der Waals surface area (Å²) in [5.41, 5.74) is 0.157. The molecular weight excluding hydrogens is 200 g/mol. The lowest BCUT2D eigenvalue weighted by molar-refractivity contribution is -0.132. The van der Waals surface area contributed by atoms with Crippen molar-refractivity contribution in [2.75, 3.05) is 26.4 Å². The van der Waals surface area contributed by atoms with E-state index in [9.17, 15) is 4.79 Å². The Balaban J connectivity index is 3.28. The van der Waals surface area contributed by atoms with Crippen LogP contribution in [0.2, 0.25) is 0 Å². The number of ether oxygens (including phenoxy) is 3. The minimum Gasteiger partial charge on any atom is -0.499 e. The maximum absolute atomic E-state index is 10.3. The van der Waals surface area contributed by atoms with Gasteiger partial charge in [0.15, 0.2) is 0 Å². The molecule has 0 aromatic carbocycles. The first-order chi connectivity index (χ1) is 7.18. The molecule has 5 heteroatoms. The van der Waals surface area contributed by atoms with Crippen LogP contribution in [0.5, 0.6) is 0 Å². The van der Waals surface area contributed by atoms with Crippen molar-refractivity contribution < 1.29 is 24.1 Å². The Bertz CT molecular complexity index is 222. The van der Waals surface area contributed by atoms with Gasteiger partial charge in [0.1, 0.15) is 13.2 Å². The molecule has 0 aliphatic carbocycles. The number of carboxylic acids is 1. The fourth-order valence-corrected chi connectivity index (χ4v) is 0.634. The summed E-state index contributed by atoms with van der Waals surface area (Å²) in [5, 5.41) is 8.48. The van der Waals surface area contributed by atoms with E-state index in [-0.39, 0.29) is 5.57 Å². The average Bonchev–Trinajstić information content (AvgIpc) is 2.21. The molecule has 0 radical (unpaired) electrons. The summed E-state index contributed by atoms with van der Waals surface area (Å²) in [6, 6.07) is 0. The molecule has 0 saturated carbocycles. The van der Waals surface area contributed by atoms with Crippen LogP contribution in [0.3, 0.4) is 0 Å². The second-order valence-corrected chi connectivity index (χ2v) is 2.63. The third-order valence-electron chi connectivity index (χ3n) is 1.41. The summed E-state index contributed by atoms with van der Waals surface area (Å²) in [4.78, 5) is 10.3. The van der Waals surface area contributed by atoms with Gasteiger partial charge < -0.3 is 19.3 Å². The molecule has 0 saturated heterocycles. The molecule has 0 unspecified atom stereocenters. The molecule has 0 aromatic heterocycles. The zero-order chi connectivity index (χ0) is 11.5. The monoisotopic (exact) mass is 216 g/mol. The number of hydrogen-bond donors (Lipinski definition) is 1. The van der Waals surface area contributed by atoms with Gasteiger partial charge in [0.25, 0.3) is 0 Å². The van der Waals surface area contributed by atoms with Crippen molar-refractivity contribution in [2.24, 2.45) is 0 Å². The van der Waals surface area contributed by atoms with E-state index in [4.69, 9.17) is 19.3 Å². The van der Waals surface area contributed by atoms with Crippen LogP contribution in [-0.2, 0) is 19.0 Å². The Morgan fingerprint density at radius 2 is 1.87 bits per heavy atom. The summed E-state index contributed by atoms with van der Waals surface area (Å²) in [6.45, 7) is 6.46. The SMILES string of the molecule is C=COCCOCCOC=C(C)C(=O)O. The number of rotatable bonds is 9. The molecule has 0 heterocycles. The zero-order valence-corrected chi connectivity index (χ0v) is 8.77. The van der Waals surface area contributed by atoms with E-state index in [2.05, 4.69) is 6.58 Å². The summed E-state index contributed by atoms with van der Waals surface area (Å²) in [6.07, 6.45) is 2.55. The second-order valence-electron chi connectivity index (χ2n) is 2.63. The number of hydrogen-bond acceptors (Lipinski definition) is 4. The third kappa shape index (κ3) is 8.83. The molecule has 0 spiro atoms. The van der Waals surface area contributed by atoms with Crippen molar-refractivity contribution >= 4 is 5.97 Å². The van der Waals surface area contributed by atoms with Crippen LogP contribution >= 0.6 is 0 Å². The Labute approximate surface area is 88.9 Å². The smallest absolute Gasteiger partial charge is 0.334 e. The Morgan fingerprint density at radius 1 is 1.27 bits per heavy atom. The molecule has 0 rings (SSSR count). The van der Waals surface area contributed by atoms with Crippen molar-refractivity contribution in [3.8, 4) is 0 Å². The summed E-state index contributed by atoms with van der Waals surface area (Å²) in [7, 11) is 0. The molecule has 0 aliphatic rings. The third-order valence-corrected chi connectivity index (χ3v) is 1.41. The standard InChI is InChI=1S/C10H16O5/c1-3-13-4-5-14-6-7-15-8-9(2)10(11)12/h3,8H,1,4-7H2,2H3,(H,11,12). The van der Waals surface area contributed by atoms with Crippen molar-refractivity contribution in [3.63, 3.8) is 0 Å². The van der Waals surface area contributed by atoms with Gasteiger partial charge in [-0.1, -0.05) is 6.58 Å². The van der Waals surface area contributed by atoms with Crippen LogP contribution < -0.4 is 0 Å². The first-order valence-corrected chi connectivity index (χ1v) is 4.50. The zero-order valence-electron chi connectivity index (χ0n) is 8.77. The highest BCUT2D eigenvalue weighted by Gasteiger charge is 1.98. The number of carboxylic acid groups (broad SMARTS) is 1. The van der Waals surface area contributed by atoms with Gasteiger partial charge in [-0.15, -0.1) is 0 Å². The van der Waals surface area contributed by atoms with Crippen LogP contribution in [0.25, 0.3) is 0 Å². The van der Waals surface area contributed by atoms with Gasteiger partial charge in [0.05, 0.1) is 31.3 Å². The van der Waals surface area contributed by atoms with Crippen LogP contribution in [0, 0.1) is 0 Å². The van der Waals surface area contributed by atoms with Crippen molar-refractivity contribution in [3.05, 3.63) is 24.7 Å². The predicted molar refractivity (Wildman–Crippen MR) is 54.3 cm³/mol. The topological polar surface area (TPSA) is 65.0 Å². The molecule has 15 heavy (non-hydrogen) atoms. The molecule has 0 aromatic rings. The highest BCUT2D eigenvalue weighted by atomic mass is 16.5. The Kier molecular flexibility index (Phi) is 8.18. The van der Waals surface area contributed by atoms with Gasteiger partial charge in [0, 0.05) is 0 Å². The van der Waals surface area contributed by atoms with E-state index in [1.807, 2.05) is 0 Å². The maximum atomic E-state index is 10.3. The lowest BCUT2D eigenvalue weighted by Crippen LogP contribution is -2.07. The van der Waals surface area contributed by atoms with E-state index in [1.165, 1.54) is 19.4 Å². The van der Waals surface area contributed by atoms with Gasteiger partial charge >= 0.3 is 5.97 Å². The van der Waals surface area contributed by atoms with Gasteiger partial charge in [-0.2, -0.15) is 0 Å². The molecule has 0 bridgehead atoms. The van der Waals surface area contributed by atoms with Crippen molar-refractivity contribution in [2.45, 2.75) is 6.92 Å². The average molecular weight is 216 g/mol. The molecule has 5 nitrogen and oxygen atoms in total. The van der Waals surface area contributed by atoms with Crippen LogP contribution in [0.15, 0.2) is 24.7 Å². The van der Waals surface area contributed by atoms with Crippen LogP contribution in [0.1, 0.15) is 6.92 Å². The van der Waals surface area contributed by atoms with Gasteiger partial charge in [-0.3, -0.25) is 0 Å². The van der Waals surface area contributed by atoms with Gasteiger partial charge in [-0.25, -0.2) is 4.79 Å². The largest absolute Gasteiger partial charge is 0.499 e. The first kappa shape index (κ1) is 13.5. The van der Waals surface area contributed by atoms with E-state index in [1.54, 1.807) is 0 Å². The molecule has 0 aliphatic heterocycles. The lowest BCUT2D eigenvalue weighted by atomic mass is 10.3. The normalized spacial score (nSPS) is 10.9. The van der Waals surface area contributed by atoms with E-state index < -0.39 is 5.97 Å². The lowest BCUT2D eigenvalue weighted by Gasteiger charge is -2.04. The fraction of sp³-hybridized carbons (Fsp3) is 0.500. The quantitative estimate of drug-likeness (QED) is 0.356. The minimum atomic E-state index is -0.990. The highest BCUT2D eigenvalue weighted by molar-refractivity contribution is 5.85. The summed E-state index contributed by atoms with van der Waals surface area (Å²) < 4.78 is 14.9. The minimum absolute atomic E-state index is 0.157. The molecule has 86 valence electrons. The van der Waals surface area contributed by atoms with Crippen LogP contribution in [-0.4, -0.2) is 37.5 Å². The van der Waals surface area contributed by atoms with E-state index >= 15 is 0 Å². The number of carbonyl (C=O) groups is 1. The maximum Gasteiger partial charge on any atom is 0.334 e. The molecule has 0 fully saturated rings. The Hall–Kier alpha value is -1.49. The van der Waals surface area contributed by atoms with Crippen molar-refractivity contribution in [1.82, 2.24) is 0 Å². The Morgan fingerprint density at radius 3 is 2.40 bits per heavy atom. The van der Waals surface area contributed by atoms with Crippen molar-refractivity contribution in [1.29, 1.82) is 0 Å². The van der Waals surface area contributed by atoms with E-state index in [0.29, 0.717) is 26.4 Å².